The summed E-state index contributed by atoms with van der Waals surface area (Å²) in [5.74, 6) is -0.999. The molecular weight excluding hydrogens is 246 g/mol. The highest BCUT2D eigenvalue weighted by Crippen LogP contribution is 2.00. The molecule has 0 heterocycles. The van der Waals surface area contributed by atoms with Crippen molar-refractivity contribution in [1.29, 1.82) is 0 Å². The molecule has 0 aliphatic rings. The molecule has 0 rings (SSSR count). The Bertz CT molecular complexity index is 295. The Morgan fingerprint density at radius 3 is 2.26 bits per heavy atom. The van der Waals surface area contributed by atoms with Crippen LogP contribution in [-0.2, 0) is 4.79 Å². The number of aliphatic carboxylic acids is 1. The molecule has 0 spiro atoms. The molecule has 1 atom stereocenters. The fraction of sp³-hybridized carbons (Fsp3) is 0.846. The van der Waals surface area contributed by atoms with E-state index in [4.69, 9.17) is 5.11 Å². The topological polar surface area (TPSA) is 72.9 Å². The highest BCUT2D eigenvalue weighted by molar-refractivity contribution is 5.80. The van der Waals surface area contributed by atoms with Crippen LogP contribution in [0.5, 0.6) is 0 Å². The van der Waals surface area contributed by atoms with Crippen LogP contribution < -0.4 is 5.32 Å². The average Bonchev–Trinajstić information content (AvgIpc) is 2.33. The minimum Gasteiger partial charge on any atom is -0.480 e. The Labute approximate surface area is 115 Å². The molecule has 0 bridgehead atoms. The number of nitrogens with one attached hydrogen (secondary N) is 1. The van der Waals surface area contributed by atoms with Crippen molar-refractivity contribution in [1.82, 2.24) is 15.1 Å². The molecule has 0 radical (unpaired) electrons. The number of carboxylic acids is 1. The molecule has 6 nitrogen and oxygen atoms in total. The summed E-state index contributed by atoms with van der Waals surface area (Å²) in [5.41, 5.74) is 0. The molecule has 6 heteroatoms. The van der Waals surface area contributed by atoms with Gasteiger partial charge in [0.05, 0.1) is 0 Å². The van der Waals surface area contributed by atoms with E-state index in [1.54, 1.807) is 13.8 Å². The third-order valence-corrected chi connectivity index (χ3v) is 3.27. The number of likely N-dealkylation sites (N-methyl/N-ethyl adjacent to an activating group) is 1. The SMILES string of the molecule is CCC(C)N(C)CCNC(=O)N(CC(=O)O)C(C)C. The number of amides is 2. The number of hydrogen-bond donors (Lipinski definition) is 2. The Balaban J connectivity index is 4.16. The molecule has 0 aromatic carbocycles. The van der Waals surface area contributed by atoms with Crippen LogP contribution in [0.15, 0.2) is 0 Å². The molecule has 0 aromatic heterocycles. The fourth-order valence-electron chi connectivity index (χ4n) is 1.61. The van der Waals surface area contributed by atoms with E-state index in [9.17, 15) is 9.59 Å². The number of carboxylic acid groups (broad SMARTS) is 1. The van der Waals surface area contributed by atoms with Gasteiger partial charge < -0.3 is 20.2 Å². The molecule has 0 saturated carbocycles. The van der Waals surface area contributed by atoms with Gasteiger partial charge in [0.25, 0.3) is 0 Å². The van der Waals surface area contributed by atoms with Crippen molar-refractivity contribution < 1.29 is 14.7 Å². The van der Waals surface area contributed by atoms with Crippen molar-refractivity contribution in [2.75, 3.05) is 26.7 Å². The standard InChI is InChI=1S/C13H27N3O3/c1-6-11(4)15(5)8-7-14-13(19)16(10(2)3)9-12(17)18/h10-11H,6-9H2,1-5H3,(H,14,19)(H,17,18). The summed E-state index contributed by atoms with van der Waals surface area (Å²) in [4.78, 5) is 26.0. The van der Waals surface area contributed by atoms with Gasteiger partial charge in [0, 0.05) is 25.2 Å². The monoisotopic (exact) mass is 273 g/mol. The van der Waals surface area contributed by atoms with Gasteiger partial charge in [0.15, 0.2) is 0 Å². The second-order valence-corrected chi connectivity index (χ2v) is 5.09. The molecule has 19 heavy (non-hydrogen) atoms. The van der Waals surface area contributed by atoms with Crippen LogP contribution in [0.1, 0.15) is 34.1 Å². The Morgan fingerprint density at radius 1 is 1.26 bits per heavy atom. The molecule has 0 fully saturated rings. The molecule has 0 saturated heterocycles. The molecule has 0 aromatic rings. The van der Waals surface area contributed by atoms with Crippen LogP contribution in [0.4, 0.5) is 4.79 Å². The van der Waals surface area contributed by atoms with Crippen molar-refractivity contribution in [2.24, 2.45) is 0 Å². The van der Waals surface area contributed by atoms with E-state index in [0.29, 0.717) is 12.6 Å². The van der Waals surface area contributed by atoms with E-state index < -0.39 is 5.97 Å². The third kappa shape index (κ3) is 7.00. The van der Waals surface area contributed by atoms with Gasteiger partial charge in [0.2, 0.25) is 0 Å². The van der Waals surface area contributed by atoms with Crippen LogP contribution in [0, 0.1) is 0 Å². The third-order valence-electron chi connectivity index (χ3n) is 3.27. The summed E-state index contributed by atoms with van der Waals surface area (Å²) in [6.45, 7) is 8.84. The van der Waals surface area contributed by atoms with Gasteiger partial charge in [-0.05, 0) is 34.2 Å². The van der Waals surface area contributed by atoms with Gasteiger partial charge in [0.1, 0.15) is 6.54 Å². The van der Waals surface area contributed by atoms with Crippen molar-refractivity contribution >= 4 is 12.0 Å². The second kappa shape index (κ2) is 8.74. The second-order valence-electron chi connectivity index (χ2n) is 5.09. The molecule has 2 amide bonds. The van der Waals surface area contributed by atoms with Crippen LogP contribution in [0.3, 0.4) is 0 Å². The zero-order chi connectivity index (χ0) is 15.0. The van der Waals surface area contributed by atoms with E-state index in [0.717, 1.165) is 13.0 Å². The van der Waals surface area contributed by atoms with Gasteiger partial charge in [-0.1, -0.05) is 6.92 Å². The summed E-state index contributed by atoms with van der Waals surface area (Å²) in [7, 11) is 2.01. The lowest BCUT2D eigenvalue weighted by Gasteiger charge is -2.27. The van der Waals surface area contributed by atoms with Crippen LogP contribution in [-0.4, -0.2) is 65.7 Å². The van der Waals surface area contributed by atoms with Crippen molar-refractivity contribution in [3.63, 3.8) is 0 Å². The first-order chi connectivity index (χ1) is 8.79. The minimum atomic E-state index is -0.999. The predicted octanol–water partition coefficient (Wildman–Crippen LogP) is 1.22. The average molecular weight is 273 g/mol. The molecule has 2 N–H and O–H groups in total. The van der Waals surface area contributed by atoms with E-state index in [2.05, 4.69) is 24.1 Å². The summed E-state index contributed by atoms with van der Waals surface area (Å²) in [5, 5.41) is 11.5. The molecule has 1 unspecified atom stereocenters. The summed E-state index contributed by atoms with van der Waals surface area (Å²) < 4.78 is 0. The first kappa shape index (κ1) is 17.7. The number of rotatable bonds is 8. The Hall–Kier alpha value is -1.30. The van der Waals surface area contributed by atoms with Gasteiger partial charge in [-0.3, -0.25) is 4.79 Å². The first-order valence-electron chi connectivity index (χ1n) is 6.76. The highest BCUT2D eigenvalue weighted by atomic mass is 16.4. The molecule has 0 aliphatic carbocycles. The number of urea groups is 1. The summed E-state index contributed by atoms with van der Waals surface area (Å²) >= 11 is 0. The minimum absolute atomic E-state index is 0.136. The largest absolute Gasteiger partial charge is 0.480 e. The van der Waals surface area contributed by atoms with Crippen molar-refractivity contribution in [3.05, 3.63) is 0 Å². The van der Waals surface area contributed by atoms with Crippen LogP contribution in [0.2, 0.25) is 0 Å². The quantitative estimate of drug-likeness (QED) is 0.697. The van der Waals surface area contributed by atoms with Crippen LogP contribution >= 0.6 is 0 Å². The predicted molar refractivity (Wildman–Crippen MR) is 75.3 cm³/mol. The van der Waals surface area contributed by atoms with Gasteiger partial charge in [-0.25, -0.2) is 4.79 Å². The van der Waals surface area contributed by atoms with E-state index in [-0.39, 0.29) is 18.6 Å². The molecule has 0 aliphatic heterocycles. The number of carbonyl (C=O) groups is 2. The summed E-state index contributed by atoms with van der Waals surface area (Å²) in [6, 6.07) is 0.00969. The van der Waals surface area contributed by atoms with Crippen LogP contribution in [0.25, 0.3) is 0 Å². The number of carbonyl (C=O) groups excluding carboxylic acids is 1. The first-order valence-corrected chi connectivity index (χ1v) is 6.76. The Morgan fingerprint density at radius 2 is 1.84 bits per heavy atom. The molecule has 112 valence electrons. The lowest BCUT2D eigenvalue weighted by molar-refractivity contribution is -0.138. The van der Waals surface area contributed by atoms with Gasteiger partial charge in [-0.15, -0.1) is 0 Å². The van der Waals surface area contributed by atoms with Gasteiger partial charge in [-0.2, -0.15) is 0 Å². The molecular formula is C13H27N3O3. The maximum absolute atomic E-state index is 11.9. The maximum atomic E-state index is 11.9. The highest BCUT2D eigenvalue weighted by Gasteiger charge is 2.19. The van der Waals surface area contributed by atoms with E-state index >= 15 is 0 Å². The lowest BCUT2D eigenvalue weighted by Crippen LogP contribution is -2.48. The zero-order valence-electron chi connectivity index (χ0n) is 12.6. The lowest BCUT2D eigenvalue weighted by atomic mass is 10.2. The van der Waals surface area contributed by atoms with E-state index in [1.807, 2.05) is 7.05 Å². The van der Waals surface area contributed by atoms with Gasteiger partial charge >= 0.3 is 12.0 Å². The van der Waals surface area contributed by atoms with Crippen molar-refractivity contribution in [3.8, 4) is 0 Å². The summed E-state index contributed by atoms with van der Waals surface area (Å²) in [6.07, 6.45) is 1.06. The number of nitrogens with zero attached hydrogens (tertiary/aromatic N) is 2. The maximum Gasteiger partial charge on any atom is 0.323 e. The normalized spacial score (nSPS) is 12.6. The number of hydrogen-bond acceptors (Lipinski definition) is 3. The smallest absolute Gasteiger partial charge is 0.323 e. The van der Waals surface area contributed by atoms with Crippen molar-refractivity contribution in [2.45, 2.75) is 46.2 Å². The van der Waals surface area contributed by atoms with E-state index in [1.165, 1.54) is 4.90 Å². The zero-order valence-corrected chi connectivity index (χ0v) is 12.6. The Kier molecular flexibility index (Phi) is 8.14. The fourth-order valence-corrected chi connectivity index (χ4v) is 1.61.